The number of carbonyl (C=O) groups excluding carboxylic acids is 1. The van der Waals surface area contributed by atoms with E-state index in [2.05, 4.69) is 10.6 Å². The van der Waals surface area contributed by atoms with E-state index in [9.17, 15) is 4.79 Å². The maximum absolute atomic E-state index is 11.2. The molecular weight excluding hydrogens is 128 g/mol. The Labute approximate surface area is 59.5 Å². The molecule has 54 valence electrons. The fraction of sp³-hybridized carbons (Fsp3) is 0.571. The lowest BCUT2D eigenvalue weighted by atomic mass is 10.0. The van der Waals surface area contributed by atoms with Crippen LogP contribution >= 0.6 is 0 Å². The van der Waals surface area contributed by atoms with Crippen molar-refractivity contribution < 1.29 is 4.79 Å². The molecule has 1 fully saturated rings. The predicted molar refractivity (Wildman–Crippen MR) is 37.5 cm³/mol. The van der Waals surface area contributed by atoms with Gasteiger partial charge in [0.1, 0.15) is 5.54 Å². The van der Waals surface area contributed by atoms with E-state index in [1.165, 1.54) is 0 Å². The predicted octanol–water partition coefficient (Wildman–Crippen LogP) is -0.597. The van der Waals surface area contributed by atoms with Crippen LogP contribution in [0.1, 0.15) is 6.92 Å². The van der Waals surface area contributed by atoms with Gasteiger partial charge in [0.05, 0.1) is 0 Å². The van der Waals surface area contributed by atoms with Crippen LogP contribution in [0.3, 0.4) is 0 Å². The van der Waals surface area contributed by atoms with Crippen LogP contribution in [0.4, 0.5) is 0 Å². The summed E-state index contributed by atoms with van der Waals surface area (Å²) >= 11 is 0. The molecule has 10 heavy (non-hydrogen) atoms. The van der Waals surface area contributed by atoms with Crippen LogP contribution in [-0.4, -0.2) is 24.0 Å². The smallest absolute Gasteiger partial charge is 0.246 e. The Hall–Kier alpha value is -0.830. The molecule has 2 atom stereocenters. The van der Waals surface area contributed by atoms with E-state index in [0.29, 0.717) is 12.6 Å². The Bertz CT molecular complexity index is 212. The Morgan fingerprint density at radius 1 is 1.80 bits per heavy atom. The number of nitrogens with one attached hydrogen (secondary N) is 2. The van der Waals surface area contributed by atoms with E-state index in [1.54, 1.807) is 0 Å². The van der Waals surface area contributed by atoms with E-state index in [1.807, 2.05) is 19.1 Å². The topological polar surface area (TPSA) is 51.0 Å². The lowest BCUT2D eigenvalue weighted by molar-refractivity contribution is -0.122. The van der Waals surface area contributed by atoms with E-state index in [0.717, 1.165) is 0 Å². The Kier molecular flexibility index (Phi) is 0.951. The molecule has 0 saturated carbocycles. The first-order chi connectivity index (χ1) is 4.76. The second-order valence-corrected chi connectivity index (χ2v) is 2.85. The van der Waals surface area contributed by atoms with Crippen molar-refractivity contribution in [1.29, 1.82) is 0 Å². The van der Waals surface area contributed by atoms with Crippen molar-refractivity contribution in [2.75, 3.05) is 6.54 Å². The molecule has 3 heteroatoms. The Morgan fingerprint density at radius 2 is 2.50 bits per heavy atom. The van der Waals surface area contributed by atoms with Crippen molar-refractivity contribution >= 4 is 5.91 Å². The van der Waals surface area contributed by atoms with Crippen molar-refractivity contribution in [1.82, 2.24) is 10.6 Å². The van der Waals surface area contributed by atoms with Crippen LogP contribution in [0.2, 0.25) is 0 Å². The molecule has 0 aromatic rings. The molecule has 0 bridgehead atoms. The zero-order valence-electron chi connectivity index (χ0n) is 5.85. The summed E-state index contributed by atoms with van der Waals surface area (Å²) < 4.78 is 0. The number of hydrogen-bond donors (Lipinski definition) is 2. The molecule has 2 aliphatic heterocycles. The Balaban J connectivity index is 2.28. The maximum atomic E-state index is 11.2. The molecule has 1 amide bonds. The van der Waals surface area contributed by atoms with Gasteiger partial charge >= 0.3 is 0 Å². The summed E-state index contributed by atoms with van der Waals surface area (Å²) in [4.78, 5) is 11.2. The van der Waals surface area contributed by atoms with Crippen LogP contribution in [0.5, 0.6) is 0 Å². The molecule has 2 rings (SSSR count). The van der Waals surface area contributed by atoms with Crippen LogP contribution in [0, 0.1) is 0 Å². The molecule has 0 aromatic carbocycles. The lowest BCUT2D eigenvalue weighted by Gasteiger charge is -2.13. The van der Waals surface area contributed by atoms with Crippen molar-refractivity contribution in [2.24, 2.45) is 0 Å². The summed E-state index contributed by atoms with van der Waals surface area (Å²) in [6, 6.07) is 0.309. The summed E-state index contributed by atoms with van der Waals surface area (Å²) in [7, 11) is 0. The second-order valence-electron chi connectivity index (χ2n) is 2.85. The molecule has 1 spiro atoms. The maximum Gasteiger partial charge on any atom is 0.246 e. The molecule has 0 radical (unpaired) electrons. The molecule has 1 unspecified atom stereocenters. The van der Waals surface area contributed by atoms with Crippen molar-refractivity contribution in [2.45, 2.75) is 18.5 Å². The van der Waals surface area contributed by atoms with E-state index >= 15 is 0 Å². The second kappa shape index (κ2) is 1.61. The van der Waals surface area contributed by atoms with E-state index in [4.69, 9.17) is 0 Å². The van der Waals surface area contributed by atoms with Gasteiger partial charge in [0.25, 0.3) is 0 Å². The quantitative estimate of drug-likeness (QED) is 0.347. The van der Waals surface area contributed by atoms with Crippen LogP contribution in [0.15, 0.2) is 12.2 Å². The summed E-state index contributed by atoms with van der Waals surface area (Å²) in [6.45, 7) is 2.68. The molecule has 2 aliphatic rings. The largest absolute Gasteiger partial charge is 0.351 e. The zero-order valence-corrected chi connectivity index (χ0v) is 5.85. The molecular formula is C7H10N2O. The Morgan fingerprint density at radius 3 is 2.90 bits per heavy atom. The molecule has 3 nitrogen and oxygen atoms in total. The highest BCUT2D eigenvalue weighted by molar-refractivity contribution is 5.94. The normalized spacial score (nSPS) is 43.7. The average molecular weight is 138 g/mol. The highest BCUT2D eigenvalue weighted by Gasteiger charge is 2.55. The highest BCUT2D eigenvalue weighted by atomic mass is 16.2. The minimum atomic E-state index is -0.335. The SMILES string of the molecule is C[C@H]1NC12C=CCNC2=O. The number of rotatable bonds is 0. The first-order valence-corrected chi connectivity index (χ1v) is 3.49. The van der Waals surface area contributed by atoms with Gasteiger partial charge in [-0.3, -0.25) is 10.1 Å². The first kappa shape index (κ1) is 5.92. The van der Waals surface area contributed by atoms with Gasteiger partial charge in [0.2, 0.25) is 5.91 Å². The molecule has 0 aromatic heterocycles. The van der Waals surface area contributed by atoms with Gasteiger partial charge in [0, 0.05) is 12.6 Å². The van der Waals surface area contributed by atoms with Gasteiger partial charge in [0.15, 0.2) is 0 Å². The third-order valence-corrected chi connectivity index (χ3v) is 2.19. The van der Waals surface area contributed by atoms with E-state index in [-0.39, 0.29) is 11.4 Å². The van der Waals surface area contributed by atoms with Crippen LogP contribution in [0.25, 0.3) is 0 Å². The summed E-state index contributed by atoms with van der Waals surface area (Å²) in [5, 5.41) is 5.87. The van der Waals surface area contributed by atoms with Crippen LogP contribution in [-0.2, 0) is 4.79 Å². The minimum absolute atomic E-state index is 0.113. The highest BCUT2D eigenvalue weighted by Crippen LogP contribution is 2.29. The standard InChI is InChI=1S/C7H10N2O/c1-5-7(9-5)3-2-4-8-6(7)10/h2-3,5,9H,4H2,1H3,(H,8,10)/t5-,7?/m1/s1. The summed E-state index contributed by atoms with van der Waals surface area (Å²) in [5.41, 5.74) is -0.335. The van der Waals surface area contributed by atoms with Gasteiger partial charge in [-0.1, -0.05) is 12.2 Å². The fourth-order valence-corrected chi connectivity index (χ4v) is 1.39. The van der Waals surface area contributed by atoms with Gasteiger partial charge in [-0.25, -0.2) is 0 Å². The van der Waals surface area contributed by atoms with Crippen molar-refractivity contribution in [3.63, 3.8) is 0 Å². The first-order valence-electron chi connectivity index (χ1n) is 3.49. The summed E-state index contributed by atoms with van der Waals surface area (Å²) in [5.74, 6) is 0.113. The molecule has 0 aliphatic carbocycles. The monoisotopic (exact) mass is 138 g/mol. The van der Waals surface area contributed by atoms with Gasteiger partial charge in [-0.15, -0.1) is 0 Å². The summed E-state index contributed by atoms with van der Waals surface area (Å²) in [6.07, 6.45) is 3.94. The zero-order chi connectivity index (χ0) is 7.19. The van der Waals surface area contributed by atoms with Gasteiger partial charge < -0.3 is 5.32 Å². The van der Waals surface area contributed by atoms with Gasteiger partial charge in [-0.2, -0.15) is 0 Å². The number of amides is 1. The third-order valence-electron chi connectivity index (χ3n) is 2.19. The van der Waals surface area contributed by atoms with Crippen molar-refractivity contribution in [3.8, 4) is 0 Å². The fourth-order valence-electron chi connectivity index (χ4n) is 1.39. The van der Waals surface area contributed by atoms with Crippen molar-refractivity contribution in [3.05, 3.63) is 12.2 Å². The third kappa shape index (κ3) is 0.555. The molecule has 2 N–H and O–H groups in total. The molecule has 2 heterocycles. The van der Waals surface area contributed by atoms with E-state index < -0.39 is 0 Å². The lowest BCUT2D eigenvalue weighted by Crippen LogP contribution is -2.42. The average Bonchev–Trinajstić information content (AvgIpc) is 2.53. The van der Waals surface area contributed by atoms with Crippen LogP contribution < -0.4 is 10.6 Å². The number of hydrogen-bond acceptors (Lipinski definition) is 2. The minimum Gasteiger partial charge on any atom is -0.351 e. The van der Waals surface area contributed by atoms with Gasteiger partial charge in [-0.05, 0) is 6.92 Å². The molecule has 1 saturated heterocycles. The number of carbonyl (C=O) groups is 1.